The van der Waals surface area contributed by atoms with Crippen LogP contribution < -0.4 is 10.6 Å². The summed E-state index contributed by atoms with van der Waals surface area (Å²) < 4.78 is 6.69. The maximum absolute atomic E-state index is 12.4. The summed E-state index contributed by atoms with van der Waals surface area (Å²) >= 11 is 6.84. The molecule has 0 saturated carbocycles. The van der Waals surface area contributed by atoms with Gasteiger partial charge in [0.05, 0.1) is 34.9 Å². The van der Waals surface area contributed by atoms with Gasteiger partial charge in [0.1, 0.15) is 0 Å². The van der Waals surface area contributed by atoms with Gasteiger partial charge in [0, 0.05) is 8.95 Å². The average molecular weight is 485 g/mol. The van der Waals surface area contributed by atoms with Crippen LogP contribution in [0.15, 0.2) is 27.1 Å². The molecule has 2 N–H and O–H groups in total. The minimum Gasteiger partial charge on any atom is -0.462 e. The second kappa shape index (κ2) is 8.64. The lowest BCUT2D eigenvalue weighted by Gasteiger charge is -2.14. The molecular formula is C18H19Br2N3O3. The maximum Gasteiger partial charge on any atom is 0.340 e. The van der Waals surface area contributed by atoms with Crippen molar-refractivity contribution in [1.82, 2.24) is 4.98 Å². The smallest absolute Gasteiger partial charge is 0.340 e. The Kier molecular flexibility index (Phi) is 6.77. The van der Waals surface area contributed by atoms with Crippen LogP contribution in [0.2, 0.25) is 0 Å². The van der Waals surface area contributed by atoms with Gasteiger partial charge >= 0.3 is 12.0 Å². The first-order chi connectivity index (χ1) is 12.2. The quantitative estimate of drug-likeness (QED) is 0.573. The van der Waals surface area contributed by atoms with Gasteiger partial charge in [-0.25, -0.2) is 9.59 Å². The number of nitrogens with zero attached hydrogens (tertiary/aromatic N) is 1. The van der Waals surface area contributed by atoms with Crippen LogP contribution in [0.1, 0.15) is 34.2 Å². The minimum absolute atomic E-state index is 0.270. The van der Waals surface area contributed by atoms with Crippen LogP contribution in [0.3, 0.4) is 0 Å². The molecule has 2 aromatic rings. The lowest BCUT2D eigenvalue weighted by molar-refractivity contribution is 0.0525. The molecular weight excluding hydrogens is 466 g/mol. The van der Waals surface area contributed by atoms with Crippen molar-refractivity contribution < 1.29 is 14.3 Å². The lowest BCUT2D eigenvalue weighted by atomic mass is 10.1. The molecule has 0 aliphatic rings. The molecule has 2 amide bonds. The number of hydrogen-bond donors (Lipinski definition) is 2. The van der Waals surface area contributed by atoms with E-state index < -0.39 is 12.0 Å². The highest BCUT2D eigenvalue weighted by molar-refractivity contribution is 9.11. The van der Waals surface area contributed by atoms with Crippen LogP contribution in [-0.2, 0) is 4.74 Å². The zero-order valence-corrected chi connectivity index (χ0v) is 18.0. The molecule has 26 heavy (non-hydrogen) atoms. The Morgan fingerprint density at radius 1 is 1.08 bits per heavy atom. The van der Waals surface area contributed by atoms with Gasteiger partial charge in [0.15, 0.2) is 0 Å². The number of carbonyl (C=O) groups is 2. The minimum atomic E-state index is -0.465. The molecule has 0 atom stereocenters. The molecule has 6 nitrogen and oxygen atoms in total. The summed E-state index contributed by atoms with van der Waals surface area (Å²) in [5, 5.41) is 5.55. The molecule has 0 bridgehead atoms. The van der Waals surface area contributed by atoms with E-state index in [-0.39, 0.29) is 6.61 Å². The topological polar surface area (TPSA) is 80.3 Å². The number of amides is 2. The van der Waals surface area contributed by atoms with Crippen LogP contribution in [-0.4, -0.2) is 23.6 Å². The predicted molar refractivity (Wildman–Crippen MR) is 109 cm³/mol. The molecule has 0 spiro atoms. The van der Waals surface area contributed by atoms with Crippen LogP contribution in [0, 0.1) is 20.8 Å². The molecule has 138 valence electrons. The van der Waals surface area contributed by atoms with Crippen LogP contribution in [0.4, 0.5) is 16.2 Å². The third kappa shape index (κ3) is 4.82. The fraction of sp³-hybridized carbons (Fsp3) is 0.278. The Hall–Kier alpha value is -1.93. The van der Waals surface area contributed by atoms with Gasteiger partial charge in [-0.15, -0.1) is 0 Å². The second-order valence-corrected chi connectivity index (χ2v) is 7.40. The van der Waals surface area contributed by atoms with E-state index >= 15 is 0 Å². The monoisotopic (exact) mass is 483 g/mol. The van der Waals surface area contributed by atoms with E-state index in [0.29, 0.717) is 28.3 Å². The fourth-order valence-electron chi connectivity index (χ4n) is 2.39. The van der Waals surface area contributed by atoms with E-state index in [9.17, 15) is 9.59 Å². The molecule has 2 rings (SSSR count). The van der Waals surface area contributed by atoms with Crippen molar-refractivity contribution in [3.8, 4) is 0 Å². The molecule has 1 heterocycles. The number of urea groups is 1. The zero-order valence-electron chi connectivity index (χ0n) is 14.9. The summed E-state index contributed by atoms with van der Waals surface area (Å²) in [6, 6.07) is 4.90. The number of nitrogens with one attached hydrogen (secondary N) is 2. The number of pyridine rings is 1. The van der Waals surface area contributed by atoms with Gasteiger partial charge in [-0.05, 0) is 67.4 Å². The normalized spacial score (nSPS) is 10.4. The summed E-state index contributed by atoms with van der Waals surface area (Å²) in [5.41, 5.74) is 3.49. The zero-order chi connectivity index (χ0) is 19.4. The van der Waals surface area contributed by atoms with Crippen molar-refractivity contribution >= 4 is 55.2 Å². The summed E-state index contributed by atoms with van der Waals surface area (Å²) in [5.74, 6) is -0.465. The molecule has 8 heteroatoms. The highest BCUT2D eigenvalue weighted by Crippen LogP contribution is 2.30. The number of rotatable bonds is 4. The third-order valence-corrected chi connectivity index (χ3v) is 4.72. The van der Waals surface area contributed by atoms with E-state index in [1.807, 2.05) is 19.1 Å². The van der Waals surface area contributed by atoms with Crippen LogP contribution in [0.25, 0.3) is 0 Å². The van der Waals surface area contributed by atoms with E-state index in [1.54, 1.807) is 26.8 Å². The molecule has 0 aliphatic carbocycles. The highest BCUT2D eigenvalue weighted by Gasteiger charge is 2.16. The number of hydrogen-bond acceptors (Lipinski definition) is 4. The fourth-order valence-corrected chi connectivity index (χ4v) is 3.93. The van der Waals surface area contributed by atoms with Crippen molar-refractivity contribution in [3.63, 3.8) is 0 Å². The van der Waals surface area contributed by atoms with E-state index in [4.69, 9.17) is 4.74 Å². The Balaban J connectivity index is 2.24. The molecule has 0 radical (unpaired) electrons. The first-order valence-corrected chi connectivity index (χ1v) is 9.50. The predicted octanol–water partition coefficient (Wildman–Crippen LogP) is 5.35. The van der Waals surface area contributed by atoms with Gasteiger partial charge in [-0.1, -0.05) is 15.9 Å². The van der Waals surface area contributed by atoms with E-state index in [0.717, 1.165) is 14.5 Å². The molecule has 1 aromatic heterocycles. The molecule has 0 unspecified atom stereocenters. The Morgan fingerprint density at radius 2 is 1.77 bits per heavy atom. The summed E-state index contributed by atoms with van der Waals surface area (Å²) in [4.78, 5) is 28.8. The van der Waals surface area contributed by atoms with Gasteiger partial charge in [-0.2, -0.15) is 0 Å². The Bertz CT molecular complexity index is 846. The number of carbonyl (C=O) groups excluding carboxylic acids is 2. The lowest BCUT2D eigenvalue weighted by Crippen LogP contribution is -2.22. The first-order valence-electron chi connectivity index (χ1n) is 7.92. The second-order valence-electron chi connectivity index (χ2n) is 5.63. The Morgan fingerprint density at radius 3 is 2.38 bits per heavy atom. The van der Waals surface area contributed by atoms with E-state index in [2.05, 4.69) is 47.5 Å². The van der Waals surface area contributed by atoms with Gasteiger partial charge < -0.3 is 15.4 Å². The Labute approximate surface area is 169 Å². The largest absolute Gasteiger partial charge is 0.462 e. The van der Waals surface area contributed by atoms with Crippen molar-refractivity contribution in [1.29, 1.82) is 0 Å². The van der Waals surface area contributed by atoms with Gasteiger partial charge in [0.25, 0.3) is 0 Å². The summed E-state index contributed by atoms with van der Waals surface area (Å²) in [6.45, 7) is 7.39. The highest BCUT2D eigenvalue weighted by atomic mass is 79.9. The number of anilines is 2. The number of benzene rings is 1. The standard InChI is InChI=1S/C18H19Br2N3O3/c1-5-26-17(24)13-8-15(11(4)21-10(13)3)22-18(25)23-16-9(2)6-12(19)7-14(16)20/h6-8H,5H2,1-4H3,(H2,22,23,25). The van der Waals surface area contributed by atoms with Gasteiger partial charge in [-0.3, -0.25) is 4.98 Å². The van der Waals surface area contributed by atoms with Crippen molar-refractivity contribution in [2.75, 3.05) is 17.2 Å². The molecule has 0 fully saturated rings. The average Bonchev–Trinajstić information content (AvgIpc) is 2.53. The third-order valence-electron chi connectivity index (χ3n) is 3.64. The molecule has 0 saturated heterocycles. The molecule has 0 aliphatic heterocycles. The number of aromatic nitrogens is 1. The van der Waals surface area contributed by atoms with Crippen LogP contribution >= 0.6 is 31.9 Å². The van der Waals surface area contributed by atoms with E-state index in [1.165, 1.54) is 0 Å². The number of esters is 1. The maximum atomic E-state index is 12.4. The first kappa shape index (κ1) is 20.4. The van der Waals surface area contributed by atoms with Crippen LogP contribution in [0.5, 0.6) is 0 Å². The summed E-state index contributed by atoms with van der Waals surface area (Å²) in [6.07, 6.45) is 0. The molecule has 1 aromatic carbocycles. The number of aryl methyl sites for hydroxylation is 3. The number of ether oxygens (including phenoxy) is 1. The van der Waals surface area contributed by atoms with Crippen molar-refractivity contribution in [2.24, 2.45) is 0 Å². The number of halogens is 2. The van der Waals surface area contributed by atoms with Crippen molar-refractivity contribution in [3.05, 3.63) is 49.7 Å². The summed E-state index contributed by atoms with van der Waals surface area (Å²) in [7, 11) is 0. The SMILES string of the molecule is CCOC(=O)c1cc(NC(=O)Nc2c(C)cc(Br)cc2Br)c(C)nc1C. The van der Waals surface area contributed by atoms with Crippen molar-refractivity contribution in [2.45, 2.75) is 27.7 Å². The van der Waals surface area contributed by atoms with Gasteiger partial charge in [0.2, 0.25) is 0 Å².